The van der Waals surface area contributed by atoms with Crippen molar-refractivity contribution in [3.8, 4) is 0 Å². The number of nitrogens with zero attached hydrogens (tertiary/aromatic N) is 3. The van der Waals surface area contributed by atoms with E-state index >= 15 is 0 Å². The lowest BCUT2D eigenvalue weighted by atomic mass is 9.86. The molecule has 2 N–H and O–H groups in total. The molecular formula is C13H22N4O. The van der Waals surface area contributed by atoms with Gasteiger partial charge in [0.15, 0.2) is 0 Å². The van der Waals surface area contributed by atoms with Crippen molar-refractivity contribution in [3.05, 3.63) is 12.4 Å². The first kappa shape index (κ1) is 12.9. The molecule has 0 bridgehead atoms. The molecule has 2 atom stereocenters. The number of carbonyl (C=O) groups excluding carboxylic acids is 1. The zero-order valence-corrected chi connectivity index (χ0v) is 11.2. The van der Waals surface area contributed by atoms with Gasteiger partial charge >= 0.3 is 0 Å². The Kier molecular flexibility index (Phi) is 3.89. The lowest BCUT2D eigenvalue weighted by molar-refractivity contribution is -0.133. The second kappa shape index (κ2) is 5.42. The summed E-state index contributed by atoms with van der Waals surface area (Å²) in [6.07, 6.45) is 7.99. The zero-order chi connectivity index (χ0) is 13.1. The van der Waals surface area contributed by atoms with Crippen molar-refractivity contribution >= 4 is 11.6 Å². The highest BCUT2D eigenvalue weighted by atomic mass is 16.2. The van der Waals surface area contributed by atoms with Crippen LogP contribution in [0.4, 0.5) is 5.69 Å². The van der Waals surface area contributed by atoms with Gasteiger partial charge in [-0.05, 0) is 18.8 Å². The van der Waals surface area contributed by atoms with Gasteiger partial charge in [0.2, 0.25) is 5.91 Å². The van der Waals surface area contributed by atoms with Crippen LogP contribution in [0.2, 0.25) is 0 Å². The second-order valence-electron chi connectivity index (χ2n) is 5.40. The molecule has 5 nitrogen and oxygen atoms in total. The predicted molar refractivity (Wildman–Crippen MR) is 70.8 cm³/mol. The Labute approximate surface area is 108 Å². The Hall–Kier alpha value is -1.52. The standard InChI is InChI=1S/C13H22N4O/c1-10-4-3-5-12(6-10)16(2)13(18)9-17-8-11(14)7-15-17/h7-8,10,12H,3-6,9,14H2,1-2H3. The summed E-state index contributed by atoms with van der Waals surface area (Å²) in [4.78, 5) is 14.0. The van der Waals surface area contributed by atoms with Gasteiger partial charge in [-0.25, -0.2) is 0 Å². The lowest BCUT2D eigenvalue weighted by Gasteiger charge is -2.34. The zero-order valence-electron chi connectivity index (χ0n) is 11.2. The highest BCUT2D eigenvalue weighted by Crippen LogP contribution is 2.26. The number of nitrogen functional groups attached to an aromatic ring is 1. The van der Waals surface area contributed by atoms with Crippen molar-refractivity contribution < 1.29 is 4.79 Å². The third kappa shape index (κ3) is 3.03. The molecule has 100 valence electrons. The smallest absolute Gasteiger partial charge is 0.244 e. The SMILES string of the molecule is CC1CCCC(N(C)C(=O)Cn2cc(N)cn2)C1. The van der Waals surface area contributed by atoms with Crippen LogP contribution in [0.5, 0.6) is 0 Å². The van der Waals surface area contributed by atoms with Gasteiger partial charge in [-0.1, -0.05) is 19.8 Å². The van der Waals surface area contributed by atoms with Gasteiger partial charge in [0.25, 0.3) is 0 Å². The quantitative estimate of drug-likeness (QED) is 0.884. The number of anilines is 1. The summed E-state index contributed by atoms with van der Waals surface area (Å²) >= 11 is 0. The largest absolute Gasteiger partial charge is 0.396 e. The first-order valence-electron chi connectivity index (χ1n) is 6.60. The number of amides is 1. The van der Waals surface area contributed by atoms with Crippen LogP contribution in [0.3, 0.4) is 0 Å². The fraction of sp³-hybridized carbons (Fsp3) is 0.692. The minimum absolute atomic E-state index is 0.109. The van der Waals surface area contributed by atoms with E-state index in [0.717, 1.165) is 18.8 Å². The van der Waals surface area contributed by atoms with Gasteiger partial charge in [-0.2, -0.15) is 5.10 Å². The van der Waals surface area contributed by atoms with Crippen LogP contribution >= 0.6 is 0 Å². The highest BCUT2D eigenvalue weighted by molar-refractivity contribution is 5.76. The molecule has 1 heterocycles. The van der Waals surface area contributed by atoms with Crippen molar-refractivity contribution in [2.75, 3.05) is 12.8 Å². The Morgan fingerprint density at radius 3 is 3.00 bits per heavy atom. The van der Waals surface area contributed by atoms with Crippen LogP contribution in [0, 0.1) is 5.92 Å². The predicted octanol–water partition coefficient (Wildman–Crippen LogP) is 1.50. The molecule has 5 heteroatoms. The highest BCUT2D eigenvalue weighted by Gasteiger charge is 2.25. The third-order valence-electron chi connectivity index (χ3n) is 3.80. The van der Waals surface area contributed by atoms with E-state index in [1.807, 2.05) is 11.9 Å². The van der Waals surface area contributed by atoms with Gasteiger partial charge in [0.1, 0.15) is 6.54 Å². The Balaban J connectivity index is 1.91. The molecule has 2 unspecified atom stereocenters. The molecule has 0 radical (unpaired) electrons. The van der Waals surface area contributed by atoms with Gasteiger partial charge < -0.3 is 10.6 Å². The maximum Gasteiger partial charge on any atom is 0.244 e. The van der Waals surface area contributed by atoms with E-state index in [0.29, 0.717) is 11.7 Å². The van der Waals surface area contributed by atoms with Crippen molar-refractivity contribution in [1.82, 2.24) is 14.7 Å². The molecule has 1 aliphatic carbocycles. The fourth-order valence-electron chi connectivity index (χ4n) is 2.67. The first-order valence-corrected chi connectivity index (χ1v) is 6.60. The average Bonchev–Trinajstić information content (AvgIpc) is 2.73. The summed E-state index contributed by atoms with van der Waals surface area (Å²) in [6, 6.07) is 0.383. The van der Waals surface area contributed by atoms with E-state index in [9.17, 15) is 4.79 Å². The fourth-order valence-corrected chi connectivity index (χ4v) is 2.67. The summed E-state index contributed by atoms with van der Waals surface area (Å²) in [5, 5.41) is 4.04. The first-order chi connectivity index (χ1) is 8.56. The maximum absolute atomic E-state index is 12.2. The third-order valence-corrected chi connectivity index (χ3v) is 3.80. The Morgan fingerprint density at radius 2 is 2.39 bits per heavy atom. The second-order valence-corrected chi connectivity index (χ2v) is 5.40. The molecule has 2 rings (SSSR count). The molecule has 18 heavy (non-hydrogen) atoms. The van der Waals surface area contributed by atoms with E-state index in [1.165, 1.54) is 12.8 Å². The molecule has 0 aromatic carbocycles. The number of likely N-dealkylation sites (N-methyl/N-ethyl adjacent to an activating group) is 1. The van der Waals surface area contributed by atoms with Crippen LogP contribution < -0.4 is 5.73 Å². The molecule has 0 saturated heterocycles. The van der Waals surface area contributed by atoms with Crippen LogP contribution in [0.15, 0.2) is 12.4 Å². The Morgan fingerprint density at radius 1 is 1.61 bits per heavy atom. The lowest BCUT2D eigenvalue weighted by Crippen LogP contribution is -2.41. The van der Waals surface area contributed by atoms with Gasteiger partial charge in [-0.15, -0.1) is 0 Å². The number of hydrogen-bond acceptors (Lipinski definition) is 3. The number of hydrogen-bond donors (Lipinski definition) is 1. The molecule has 1 aliphatic rings. The molecule has 1 fully saturated rings. The summed E-state index contributed by atoms with van der Waals surface area (Å²) in [5.41, 5.74) is 6.18. The number of carbonyl (C=O) groups is 1. The van der Waals surface area contributed by atoms with E-state index in [1.54, 1.807) is 17.1 Å². The van der Waals surface area contributed by atoms with E-state index < -0.39 is 0 Å². The number of nitrogens with two attached hydrogens (primary N) is 1. The van der Waals surface area contributed by atoms with E-state index in [-0.39, 0.29) is 12.5 Å². The summed E-state index contributed by atoms with van der Waals surface area (Å²) < 4.78 is 1.60. The molecular weight excluding hydrogens is 228 g/mol. The van der Waals surface area contributed by atoms with Crippen LogP contribution in [-0.4, -0.2) is 33.7 Å². The summed E-state index contributed by atoms with van der Waals surface area (Å²) in [6.45, 7) is 2.54. The number of rotatable bonds is 3. The van der Waals surface area contributed by atoms with Crippen molar-refractivity contribution in [2.24, 2.45) is 5.92 Å². The van der Waals surface area contributed by atoms with Crippen molar-refractivity contribution in [3.63, 3.8) is 0 Å². The van der Waals surface area contributed by atoms with Crippen molar-refractivity contribution in [2.45, 2.75) is 45.2 Å². The topological polar surface area (TPSA) is 64.2 Å². The molecule has 0 spiro atoms. The normalized spacial score (nSPS) is 23.9. The number of aromatic nitrogens is 2. The average molecular weight is 250 g/mol. The van der Waals surface area contributed by atoms with Gasteiger partial charge in [0.05, 0.1) is 11.9 Å². The van der Waals surface area contributed by atoms with Crippen LogP contribution in [0.1, 0.15) is 32.6 Å². The van der Waals surface area contributed by atoms with Crippen molar-refractivity contribution in [1.29, 1.82) is 0 Å². The molecule has 1 saturated carbocycles. The molecule has 1 aromatic rings. The monoisotopic (exact) mass is 250 g/mol. The van der Waals surface area contributed by atoms with Crippen LogP contribution in [0.25, 0.3) is 0 Å². The van der Waals surface area contributed by atoms with Gasteiger partial charge in [-0.3, -0.25) is 9.48 Å². The van der Waals surface area contributed by atoms with E-state index in [2.05, 4.69) is 12.0 Å². The molecule has 0 aliphatic heterocycles. The summed E-state index contributed by atoms with van der Waals surface area (Å²) in [7, 11) is 1.90. The maximum atomic E-state index is 12.2. The molecule has 1 amide bonds. The summed E-state index contributed by atoms with van der Waals surface area (Å²) in [5.74, 6) is 0.830. The Bertz CT molecular complexity index is 415. The van der Waals surface area contributed by atoms with E-state index in [4.69, 9.17) is 5.73 Å². The molecule has 1 aromatic heterocycles. The van der Waals surface area contributed by atoms with Gasteiger partial charge in [0, 0.05) is 19.3 Å². The van der Waals surface area contributed by atoms with Crippen LogP contribution in [-0.2, 0) is 11.3 Å². The minimum Gasteiger partial charge on any atom is -0.396 e. The minimum atomic E-state index is 0.109.